The molecule has 0 saturated carbocycles. The van der Waals surface area contributed by atoms with Crippen LogP contribution in [-0.2, 0) is 4.79 Å². The third-order valence-corrected chi connectivity index (χ3v) is 4.94. The molecule has 4 nitrogen and oxygen atoms in total. The number of carbonyl (C=O) groups excluding carboxylic acids is 2. The van der Waals surface area contributed by atoms with Crippen molar-refractivity contribution in [3.05, 3.63) is 51.5 Å². The number of anilines is 2. The minimum absolute atomic E-state index is 0.0454. The fourth-order valence-electron chi connectivity index (χ4n) is 2.03. The second-order valence-electron chi connectivity index (χ2n) is 4.63. The molecule has 7 heteroatoms. The molecule has 0 fully saturated rings. The monoisotopic (exact) mass is 396 g/mol. The van der Waals surface area contributed by atoms with Crippen molar-refractivity contribution in [3.63, 3.8) is 0 Å². The van der Waals surface area contributed by atoms with E-state index >= 15 is 0 Å². The molecule has 0 aromatic heterocycles. The molecular weight excluding hydrogens is 388 g/mol. The molecule has 22 heavy (non-hydrogen) atoms. The molecule has 0 saturated heterocycles. The standard InChI is InChI=1S/C15H10BrClN2O2S/c16-8-1-3-11(17)10(5-8)15(21)18-9-2-4-13-12(6-9)19-14(20)7-22-13/h1-6H,7H2,(H,18,21)(H,19,20). The average Bonchev–Trinajstić information content (AvgIpc) is 2.49. The fraction of sp³-hybridized carbons (Fsp3) is 0.0667. The van der Waals surface area contributed by atoms with E-state index < -0.39 is 0 Å². The van der Waals surface area contributed by atoms with E-state index in [1.807, 2.05) is 6.07 Å². The summed E-state index contributed by atoms with van der Waals surface area (Å²) in [6, 6.07) is 10.5. The van der Waals surface area contributed by atoms with Crippen molar-refractivity contribution < 1.29 is 9.59 Å². The Hall–Kier alpha value is -1.50. The predicted molar refractivity (Wildman–Crippen MR) is 92.9 cm³/mol. The maximum absolute atomic E-state index is 12.3. The van der Waals surface area contributed by atoms with Gasteiger partial charge in [0.15, 0.2) is 0 Å². The van der Waals surface area contributed by atoms with E-state index in [4.69, 9.17) is 11.6 Å². The van der Waals surface area contributed by atoms with Crippen LogP contribution in [0.15, 0.2) is 45.8 Å². The topological polar surface area (TPSA) is 58.2 Å². The Morgan fingerprint density at radius 3 is 2.91 bits per heavy atom. The van der Waals surface area contributed by atoms with Crippen LogP contribution in [0, 0.1) is 0 Å². The SMILES string of the molecule is O=C1CSc2ccc(NC(=O)c3cc(Br)ccc3Cl)cc2N1. The van der Waals surface area contributed by atoms with E-state index in [9.17, 15) is 9.59 Å². The lowest BCUT2D eigenvalue weighted by Gasteiger charge is -2.17. The van der Waals surface area contributed by atoms with Gasteiger partial charge in [-0.3, -0.25) is 9.59 Å². The van der Waals surface area contributed by atoms with Crippen LogP contribution in [-0.4, -0.2) is 17.6 Å². The lowest BCUT2D eigenvalue weighted by molar-refractivity contribution is -0.113. The molecule has 0 unspecified atom stereocenters. The second-order valence-corrected chi connectivity index (χ2v) is 6.97. The van der Waals surface area contributed by atoms with Crippen molar-refractivity contribution in [2.45, 2.75) is 4.90 Å². The molecule has 2 amide bonds. The zero-order valence-electron chi connectivity index (χ0n) is 11.2. The largest absolute Gasteiger partial charge is 0.324 e. The van der Waals surface area contributed by atoms with Crippen LogP contribution in [0.4, 0.5) is 11.4 Å². The van der Waals surface area contributed by atoms with Gasteiger partial charge < -0.3 is 10.6 Å². The summed E-state index contributed by atoms with van der Waals surface area (Å²) in [5.41, 5.74) is 1.69. The summed E-state index contributed by atoms with van der Waals surface area (Å²) >= 11 is 10.8. The van der Waals surface area contributed by atoms with E-state index in [-0.39, 0.29) is 11.8 Å². The number of rotatable bonds is 2. The first-order valence-electron chi connectivity index (χ1n) is 6.36. The highest BCUT2D eigenvalue weighted by atomic mass is 79.9. The maximum atomic E-state index is 12.3. The maximum Gasteiger partial charge on any atom is 0.257 e. The molecular formula is C15H10BrClN2O2S. The van der Waals surface area contributed by atoms with Gasteiger partial charge in [-0.1, -0.05) is 27.5 Å². The van der Waals surface area contributed by atoms with Gasteiger partial charge in [-0.15, -0.1) is 11.8 Å². The van der Waals surface area contributed by atoms with E-state index in [0.717, 1.165) is 9.37 Å². The summed E-state index contributed by atoms with van der Waals surface area (Å²) in [5.74, 6) is 0.0591. The van der Waals surface area contributed by atoms with Crippen LogP contribution in [0.3, 0.4) is 0 Å². The van der Waals surface area contributed by atoms with E-state index in [0.29, 0.717) is 27.7 Å². The van der Waals surface area contributed by atoms with Gasteiger partial charge in [-0.05, 0) is 36.4 Å². The zero-order valence-corrected chi connectivity index (χ0v) is 14.3. The van der Waals surface area contributed by atoms with Gasteiger partial charge in [0.25, 0.3) is 5.91 Å². The van der Waals surface area contributed by atoms with E-state index in [1.54, 1.807) is 30.3 Å². The summed E-state index contributed by atoms with van der Waals surface area (Å²) in [6.45, 7) is 0. The van der Waals surface area contributed by atoms with Crippen molar-refractivity contribution >= 4 is 62.5 Å². The van der Waals surface area contributed by atoms with Gasteiger partial charge >= 0.3 is 0 Å². The molecule has 1 aliphatic heterocycles. The summed E-state index contributed by atoms with van der Waals surface area (Å²) < 4.78 is 0.774. The fourth-order valence-corrected chi connectivity index (χ4v) is 3.38. The molecule has 112 valence electrons. The number of hydrogen-bond donors (Lipinski definition) is 2. The molecule has 1 aliphatic rings. The number of benzene rings is 2. The first kappa shape index (κ1) is 15.4. The van der Waals surface area contributed by atoms with Crippen molar-refractivity contribution in [1.29, 1.82) is 0 Å². The van der Waals surface area contributed by atoms with Crippen LogP contribution in [0.2, 0.25) is 5.02 Å². The molecule has 1 heterocycles. The number of thioether (sulfide) groups is 1. The van der Waals surface area contributed by atoms with Gasteiger partial charge in [-0.25, -0.2) is 0 Å². The third-order valence-electron chi connectivity index (χ3n) is 3.04. The minimum Gasteiger partial charge on any atom is -0.324 e. The second kappa shape index (κ2) is 6.32. The van der Waals surface area contributed by atoms with Crippen molar-refractivity contribution in [2.24, 2.45) is 0 Å². The van der Waals surface area contributed by atoms with Crippen LogP contribution in [0.25, 0.3) is 0 Å². The lowest BCUT2D eigenvalue weighted by Crippen LogP contribution is -2.19. The number of amides is 2. The Labute approximate surface area is 144 Å². The Kier molecular flexibility index (Phi) is 4.42. The summed E-state index contributed by atoms with van der Waals surface area (Å²) in [7, 11) is 0. The number of carbonyl (C=O) groups is 2. The summed E-state index contributed by atoms with van der Waals surface area (Å²) in [6.07, 6.45) is 0. The number of nitrogens with one attached hydrogen (secondary N) is 2. The number of halogens is 2. The molecule has 0 spiro atoms. The molecule has 0 bridgehead atoms. The van der Waals surface area contributed by atoms with Gasteiger partial charge in [0.05, 0.1) is 22.0 Å². The number of hydrogen-bond acceptors (Lipinski definition) is 3. The summed E-state index contributed by atoms with van der Waals surface area (Å²) in [5, 5.41) is 5.95. The normalized spacial score (nSPS) is 13.3. The quantitative estimate of drug-likeness (QED) is 0.790. The molecule has 2 N–H and O–H groups in total. The molecule has 3 rings (SSSR count). The Morgan fingerprint density at radius 2 is 2.09 bits per heavy atom. The Morgan fingerprint density at radius 1 is 1.27 bits per heavy atom. The average molecular weight is 398 g/mol. The van der Waals surface area contributed by atoms with Crippen LogP contribution in [0.1, 0.15) is 10.4 Å². The predicted octanol–water partition coefficient (Wildman–Crippen LogP) is 4.40. The van der Waals surface area contributed by atoms with Crippen LogP contribution >= 0.6 is 39.3 Å². The van der Waals surface area contributed by atoms with Gasteiger partial charge in [-0.2, -0.15) is 0 Å². The zero-order chi connectivity index (χ0) is 15.7. The van der Waals surface area contributed by atoms with E-state index in [2.05, 4.69) is 26.6 Å². The molecule has 2 aromatic rings. The highest BCUT2D eigenvalue weighted by Gasteiger charge is 2.17. The van der Waals surface area contributed by atoms with Crippen LogP contribution in [0.5, 0.6) is 0 Å². The van der Waals surface area contributed by atoms with Gasteiger partial charge in [0.1, 0.15) is 0 Å². The minimum atomic E-state index is -0.305. The Balaban J connectivity index is 1.84. The Bertz CT molecular complexity index is 782. The van der Waals surface area contributed by atoms with Crippen molar-refractivity contribution in [3.8, 4) is 0 Å². The smallest absolute Gasteiger partial charge is 0.257 e. The van der Waals surface area contributed by atoms with Crippen LogP contribution < -0.4 is 10.6 Å². The first-order chi connectivity index (χ1) is 10.5. The van der Waals surface area contributed by atoms with Crippen molar-refractivity contribution in [2.75, 3.05) is 16.4 Å². The lowest BCUT2D eigenvalue weighted by atomic mass is 10.2. The van der Waals surface area contributed by atoms with Crippen molar-refractivity contribution in [1.82, 2.24) is 0 Å². The van der Waals surface area contributed by atoms with Gasteiger partial charge in [0, 0.05) is 15.1 Å². The highest BCUT2D eigenvalue weighted by molar-refractivity contribution is 9.10. The molecule has 0 radical (unpaired) electrons. The number of fused-ring (bicyclic) bond motifs is 1. The first-order valence-corrected chi connectivity index (χ1v) is 8.52. The summed E-state index contributed by atoms with van der Waals surface area (Å²) in [4.78, 5) is 24.7. The highest BCUT2D eigenvalue weighted by Crippen LogP contribution is 2.33. The molecule has 0 atom stereocenters. The van der Waals surface area contributed by atoms with Gasteiger partial charge in [0.2, 0.25) is 5.91 Å². The third kappa shape index (κ3) is 3.29. The van der Waals surface area contributed by atoms with E-state index in [1.165, 1.54) is 11.8 Å². The molecule has 0 aliphatic carbocycles. The molecule has 2 aromatic carbocycles.